The molecule has 3 N–H and O–H groups in total. The molecule has 0 aliphatic carbocycles. The molecule has 19 heavy (non-hydrogen) atoms. The van der Waals surface area contributed by atoms with Crippen LogP contribution in [0.1, 0.15) is 11.1 Å². The van der Waals surface area contributed by atoms with Gasteiger partial charge in [0.1, 0.15) is 0 Å². The Bertz CT molecular complexity index is 723. The minimum atomic E-state index is 0.157. The number of rotatable bonds is 2. The fraction of sp³-hybridized carbons (Fsp3) is 0.133. The molecule has 0 atom stereocenters. The number of aromatic nitrogens is 1. The number of fused-ring (bicyclic) bond motifs is 1. The van der Waals surface area contributed by atoms with Crippen molar-refractivity contribution in [1.82, 2.24) is 15.8 Å². The molecule has 0 unspecified atom stereocenters. The summed E-state index contributed by atoms with van der Waals surface area (Å²) >= 11 is 0. The number of hydrazine groups is 1. The van der Waals surface area contributed by atoms with E-state index in [1.165, 1.54) is 5.56 Å². The molecule has 0 spiro atoms. The maximum atomic E-state index is 9.85. The molecule has 0 amide bonds. The lowest BCUT2D eigenvalue weighted by Crippen LogP contribution is -2.47. The molecular weight excluding hydrogens is 238 g/mol. The van der Waals surface area contributed by atoms with Gasteiger partial charge in [0.05, 0.1) is 0 Å². The van der Waals surface area contributed by atoms with Gasteiger partial charge < -0.3 is 10.5 Å². The summed E-state index contributed by atoms with van der Waals surface area (Å²) in [5, 5.41) is 11.7. The number of nitrogens with zero attached hydrogens (tertiary/aromatic N) is 1. The zero-order valence-electron chi connectivity index (χ0n) is 10.6. The molecule has 1 aliphatic heterocycles. The van der Waals surface area contributed by atoms with Gasteiger partial charge in [-0.2, -0.15) is 0 Å². The molecular formula is C15H15N3O. The summed E-state index contributed by atoms with van der Waals surface area (Å²) < 4.78 is 0. The van der Waals surface area contributed by atoms with E-state index in [2.05, 4.69) is 21.9 Å². The Hall–Kier alpha value is -2.49. The molecule has 1 aromatic carbocycles. The van der Waals surface area contributed by atoms with E-state index < -0.39 is 0 Å². The number of benzene rings is 1. The van der Waals surface area contributed by atoms with Gasteiger partial charge in [0, 0.05) is 34.9 Å². The van der Waals surface area contributed by atoms with Crippen molar-refractivity contribution in [2.45, 2.75) is 13.3 Å². The van der Waals surface area contributed by atoms with Crippen molar-refractivity contribution in [2.24, 2.45) is 0 Å². The smallest absolute Gasteiger partial charge is 0.211 e. The van der Waals surface area contributed by atoms with Gasteiger partial charge in [-0.3, -0.25) is 10.4 Å². The van der Waals surface area contributed by atoms with E-state index in [9.17, 15) is 5.11 Å². The van der Waals surface area contributed by atoms with E-state index in [-0.39, 0.29) is 5.88 Å². The third-order valence-corrected chi connectivity index (χ3v) is 3.19. The van der Waals surface area contributed by atoms with E-state index in [0.717, 1.165) is 28.1 Å². The average Bonchev–Trinajstić information content (AvgIpc) is 2.43. The Labute approximate surface area is 111 Å². The van der Waals surface area contributed by atoms with Crippen LogP contribution in [0.3, 0.4) is 0 Å². The summed E-state index contributed by atoms with van der Waals surface area (Å²) in [5.41, 5.74) is 9.17. The van der Waals surface area contributed by atoms with Crippen LogP contribution in [0.25, 0.3) is 11.6 Å². The van der Waals surface area contributed by atoms with Gasteiger partial charge in [-0.15, -0.1) is 0 Å². The van der Waals surface area contributed by atoms with E-state index in [0.29, 0.717) is 0 Å². The Morgan fingerprint density at radius 2 is 2.05 bits per heavy atom. The van der Waals surface area contributed by atoms with Crippen molar-refractivity contribution < 1.29 is 5.11 Å². The minimum absolute atomic E-state index is 0.157. The van der Waals surface area contributed by atoms with Crippen LogP contribution >= 0.6 is 0 Å². The third kappa shape index (κ3) is 2.25. The maximum Gasteiger partial charge on any atom is 0.211 e. The fourth-order valence-corrected chi connectivity index (χ4v) is 2.23. The summed E-state index contributed by atoms with van der Waals surface area (Å²) in [7, 11) is 0. The molecule has 0 saturated heterocycles. The van der Waals surface area contributed by atoms with Crippen LogP contribution < -0.4 is 21.3 Å². The monoisotopic (exact) mass is 253 g/mol. The Morgan fingerprint density at radius 3 is 2.84 bits per heavy atom. The highest BCUT2D eigenvalue weighted by Crippen LogP contribution is 2.04. The average molecular weight is 253 g/mol. The predicted octanol–water partition coefficient (Wildman–Crippen LogP) is 0.472. The second-order valence-corrected chi connectivity index (χ2v) is 4.66. The molecule has 2 aromatic rings. The maximum absolute atomic E-state index is 9.85. The van der Waals surface area contributed by atoms with Gasteiger partial charge in [-0.1, -0.05) is 17.7 Å². The van der Waals surface area contributed by atoms with Gasteiger partial charge in [0.2, 0.25) is 5.88 Å². The van der Waals surface area contributed by atoms with Crippen molar-refractivity contribution in [1.29, 1.82) is 0 Å². The molecule has 1 aliphatic rings. The summed E-state index contributed by atoms with van der Waals surface area (Å²) in [4.78, 5) is 4.12. The summed E-state index contributed by atoms with van der Waals surface area (Å²) in [6.45, 7) is 2.04. The molecule has 0 saturated carbocycles. The van der Waals surface area contributed by atoms with Gasteiger partial charge in [-0.25, -0.2) is 0 Å². The Kier molecular flexibility index (Phi) is 2.83. The van der Waals surface area contributed by atoms with Crippen LogP contribution in [-0.4, -0.2) is 10.1 Å². The second kappa shape index (κ2) is 4.65. The zero-order chi connectivity index (χ0) is 13.2. The van der Waals surface area contributed by atoms with Crippen LogP contribution in [0.2, 0.25) is 0 Å². The minimum Gasteiger partial charge on any atom is -0.493 e. The van der Waals surface area contributed by atoms with Crippen LogP contribution in [0, 0.1) is 6.92 Å². The molecule has 0 bridgehead atoms. The SMILES string of the molecule is Cc1ccc2c(c1)=C(Cc1cccnc1)NNC=2O. The summed E-state index contributed by atoms with van der Waals surface area (Å²) in [6, 6.07) is 9.95. The van der Waals surface area contributed by atoms with Gasteiger partial charge in [-0.05, 0) is 30.7 Å². The first-order valence-electron chi connectivity index (χ1n) is 6.18. The lowest BCUT2D eigenvalue weighted by atomic mass is 10.1. The van der Waals surface area contributed by atoms with Crippen LogP contribution in [-0.2, 0) is 6.42 Å². The first-order valence-corrected chi connectivity index (χ1v) is 6.18. The van der Waals surface area contributed by atoms with Crippen molar-refractivity contribution in [3.8, 4) is 0 Å². The summed E-state index contributed by atoms with van der Waals surface area (Å²) in [6.07, 6.45) is 4.35. The Balaban J connectivity index is 2.16. The molecule has 0 radical (unpaired) electrons. The molecule has 1 aromatic heterocycles. The van der Waals surface area contributed by atoms with Crippen LogP contribution in [0.4, 0.5) is 0 Å². The molecule has 3 rings (SSSR count). The standard InChI is InChI=1S/C15H15N3O/c1-10-4-5-12-13(7-10)14(17-18-15(12)19)8-11-3-2-6-16-9-11/h2-7,9,17-19H,8H2,1H3. The first kappa shape index (κ1) is 11.6. The van der Waals surface area contributed by atoms with Gasteiger partial charge in [0.25, 0.3) is 0 Å². The zero-order valence-corrected chi connectivity index (χ0v) is 10.6. The van der Waals surface area contributed by atoms with Crippen LogP contribution in [0.15, 0.2) is 42.7 Å². The quantitative estimate of drug-likeness (QED) is 0.728. The highest BCUT2D eigenvalue weighted by Gasteiger charge is 2.09. The normalized spacial score (nSPS) is 13.5. The van der Waals surface area contributed by atoms with E-state index in [1.807, 2.05) is 37.4 Å². The van der Waals surface area contributed by atoms with E-state index in [4.69, 9.17) is 0 Å². The lowest BCUT2D eigenvalue weighted by molar-refractivity contribution is 0.442. The number of hydrogen-bond donors (Lipinski definition) is 3. The Morgan fingerprint density at radius 1 is 1.16 bits per heavy atom. The second-order valence-electron chi connectivity index (χ2n) is 4.66. The lowest BCUT2D eigenvalue weighted by Gasteiger charge is -2.18. The van der Waals surface area contributed by atoms with Gasteiger partial charge in [0.15, 0.2) is 0 Å². The van der Waals surface area contributed by atoms with Crippen molar-refractivity contribution in [3.05, 3.63) is 64.3 Å². The fourth-order valence-electron chi connectivity index (χ4n) is 2.23. The number of aliphatic hydroxyl groups is 1. The number of nitrogens with one attached hydrogen (secondary N) is 2. The van der Waals surface area contributed by atoms with Crippen molar-refractivity contribution in [3.63, 3.8) is 0 Å². The van der Waals surface area contributed by atoms with E-state index in [1.54, 1.807) is 6.20 Å². The van der Waals surface area contributed by atoms with Crippen LogP contribution in [0.5, 0.6) is 0 Å². The van der Waals surface area contributed by atoms with Gasteiger partial charge >= 0.3 is 0 Å². The number of aliphatic hydroxyl groups excluding tert-OH is 1. The highest BCUT2D eigenvalue weighted by molar-refractivity contribution is 5.53. The van der Waals surface area contributed by atoms with Crippen molar-refractivity contribution in [2.75, 3.05) is 0 Å². The largest absolute Gasteiger partial charge is 0.493 e. The summed E-state index contributed by atoms with van der Waals surface area (Å²) in [5.74, 6) is 0.157. The topological polar surface area (TPSA) is 57.2 Å². The molecule has 4 heteroatoms. The third-order valence-electron chi connectivity index (χ3n) is 3.19. The number of aryl methyl sites for hydroxylation is 1. The molecule has 2 heterocycles. The van der Waals surface area contributed by atoms with E-state index >= 15 is 0 Å². The molecule has 96 valence electrons. The first-order chi connectivity index (χ1) is 9.24. The molecule has 0 fully saturated rings. The van der Waals surface area contributed by atoms with Crippen molar-refractivity contribution >= 4 is 11.6 Å². The number of hydrogen-bond acceptors (Lipinski definition) is 4. The molecule has 4 nitrogen and oxygen atoms in total. The predicted molar refractivity (Wildman–Crippen MR) is 74.1 cm³/mol. The highest BCUT2D eigenvalue weighted by atomic mass is 16.3. The number of pyridine rings is 1.